The van der Waals surface area contributed by atoms with Gasteiger partial charge in [0.1, 0.15) is 5.82 Å². The summed E-state index contributed by atoms with van der Waals surface area (Å²) in [6, 6.07) is 5.56. The molecular formula is C14H21FN2O3S. The number of hydrogen-bond acceptors (Lipinski definition) is 4. The van der Waals surface area contributed by atoms with E-state index in [-0.39, 0.29) is 11.6 Å². The van der Waals surface area contributed by atoms with Crippen molar-refractivity contribution in [2.45, 2.75) is 5.75 Å². The van der Waals surface area contributed by atoms with Gasteiger partial charge in [-0.05, 0) is 17.7 Å². The highest BCUT2D eigenvalue weighted by atomic mass is 32.2. The summed E-state index contributed by atoms with van der Waals surface area (Å²) in [5.41, 5.74) is 0.592. The van der Waals surface area contributed by atoms with Crippen LogP contribution in [-0.2, 0) is 20.5 Å². The monoisotopic (exact) mass is 316 g/mol. The third-order valence-corrected chi connectivity index (χ3v) is 5.40. The largest absolute Gasteiger partial charge is 0.379 e. The van der Waals surface area contributed by atoms with E-state index in [1.54, 1.807) is 7.05 Å². The molecule has 0 radical (unpaired) electrons. The molecule has 1 aliphatic heterocycles. The summed E-state index contributed by atoms with van der Waals surface area (Å²) in [6.07, 6.45) is 0. The van der Waals surface area contributed by atoms with E-state index in [0.29, 0.717) is 31.9 Å². The van der Waals surface area contributed by atoms with Crippen molar-refractivity contribution in [1.82, 2.24) is 9.21 Å². The number of likely N-dealkylation sites (N-methyl/N-ethyl adjacent to an activating group) is 1. The van der Waals surface area contributed by atoms with Gasteiger partial charge >= 0.3 is 0 Å². The number of benzene rings is 1. The number of nitrogens with zero attached hydrogens (tertiary/aromatic N) is 2. The topological polar surface area (TPSA) is 49.9 Å². The van der Waals surface area contributed by atoms with Crippen LogP contribution in [0.4, 0.5) is 4.39 Å². The second kappa shape index (κ2) is 7.31. The lowest BCUT2D eigenvalue weighted by Crippen LogP contribution is -2.42. The smallest absolute Gasteiger partial charge is 0.218 e. The Hall–Kier alpha value is -1.02. The first kappa shape index (κ1) is 16.4. The summed E-state index contributed by atoms with van der Waals surface area (Å²) in [5, 5.41) is 0. The van der Waals surface area contributed by atoms with Crippen molar-refractivity contribution in [3.8, 4) is 0 Å². The number of hydrogen-bond donors (Lipinski definition) is 0. The summed E-state index contributed by atoms with van der Waals surface area (Å²) in [7, 11) is -1.79. The molecule has 1 fully saturated rings. The second-order valence-corrected chi connectivity index (χ2v) is 7.23. The predicted molar refractivity (Wildman–Crippen MR) is 78.9 cm³/mol. The first-order valence-corrected chi connectivity index (χ1v) is 8.57. The number of rotatable bonds is 6. The Kier molecular flexibility index (Phi) is 5.69. The Morgan fingerprint density at radius 1 is 1.24 bits per heavy atom. The molecule has 0 bridgehead atoms. The van der Waals surface area contributed by atoms with Gasteiger partial charge in [0.15, 0.2) is 0 Å². The van der Waals surface area contributed by atoms with E-state index >= 15 is 0 Å². The highest BCUT2D eigenvalue weighted by molar-refractivity contribution is 7.88. The fourth-order valence-corrected chi connectivity index (χ4v) is 3.34. The molecule has 0 amide bonds. The molecule has 1 aromatic rings. The van der Waals surface area contributed by atoms with Gasteiger partial charge in [-0.2, -0.15) is 0 Å². The molecule has 0 saturated carbocycles. The normalized spacial score (nSPS) is 17.3. The van der Waals surface area contributed by atoms with Crippen LogP contribution in [0.1, 0.15) is 5.56 Å². The molecule has 2 rings (SSSR count). The van der Waals surface area contributed by atoms with Gasteiger partial charge in [-0.3, -0.25) is 4.90 Å². The van der Waals surface area contributed by atoms with Crippen molar-refractivity contribution in [2.75, 3.05) is 46.4 Å². The lowest BCUT2D eigenvalue weighted by molar-refractivity contribution is 0.0368. The fraction of sp³-hybridized carbons (Fsp3) is 0.571. The Labute approximate surface area is 125 Å². The molecule has 7 heteroatoms. The van der Waals surface area contributed by atoms with Crippen LogP contribution in [0.3, 0.4) is 0 Å². The van der Waals surface area contributed by atoms with Crippen LogP contribution < -0.4 is 0 Å². The standard InChI is InChI=1S/C14H21FN2O3S/c1-16(6-7-17-8-10-20-11-9-17)21(18,19)12-13-2-4-14(15)5-3-13/h2-5H,6-12H2,1H3. The maximum atomic E-state index is 12.8. The van der Waals surface area contributed by atoms with Gasteiger partial charge in [0.25, 0.3) is 0 Å². The molecule has 1 aliphatic rings. The van der Waals surface area contributed by atoms with Gasteiger partial charge in [0.2, 0.25) is 10.0 Å². The average molecular weight is 316 g/mol. The molecular weight excluding hydrogens is 295 g/mol. The highest BCUT2D eigenvalue weighted by Crippen LogP contribution is 2.10. The van der Waals surface area contributed by atoms with Gasteiger partial charge in [-0.1, -0.05) is 12.1 Å². The van der Waals surface area contributed by atoms with Crippen molar-refractivity contribution >= 4 is 10.0 Å². The minimum absolute atomic E-state index is 0.104. The van der Waals surface area contributed by atoms with Gasteiger partial charge in [-0.15, -0.1) is 0 Å². The maximum absolute atomic E-state index is 12.8. The van der Waals surface area contributed by atoms with E-state index in [1.165, 1.54) is 28.6 Å². The second-order valence-electron chi connectivity index (χ2n) is 5.16. The molecule has 0 aromatic heterocycles. The molecule has 1 heterocycles. The van der Waals surface area contributed by atoms with Gasteiger partial charge in [-0.25, -0.2) is 17.1 Å². The van der Waals surface area contributed by atoms with Gasteiger partial charge in [0.05, 0.1) is 19.0 Å². The zero-order valence-corrected chi connectivity index (χ0v) is 13.0. The van der Waals surface area contributed by atoms with E-state index in [4.69, 9.17) is 4.74 Å². The van der Waals surface area contributed by atoms with E-state index in [1.807, 2.05) is 0 Å². The molecule has 5 nitrogen and oxygen atoms in total. The minimum Gasteiger partial charge on any atom is -0.379 e. The van der Waals surface area contributed by atoms with Crippen molar-refractivity contribution in [1.29, 1.82) is 0 Å². The summed E-state index contributed by atoms with van der Waals surface area (Å²) in [5.74, 6) is -0.468. The molecule has 1 aromatic carbocycles. The molecule has 21 heavy (non-hydrogen) atoms. The maximum Gasteiger partial charge on any atom is 0.218 e. The molecule has 0 unspecified atom stereocenters. The number of ether oxygens (including phenoxy) is 1. The Bertz CT molecular complexity index is 542. The van der Waals surface area contributed by atoms with E-state index < -0.39 is 10.0 Å². The van der Waals surface area contributed by atoms with Crippen molar-refractivity contribution < 1.29 is 17.5 Å². The fourth-order valence-electron chi connectivity index (χ4n) is 2.15. The number of morpholine rings is 1. The lowest BCUT2D eigenvalue weighted by atomic mass is 10.2. The average Bonchev–Trinajstić information content (AvgIpc) is 2.48. The van der Waals surface area contributed by atoms with Crippen molar-refractivity contribution in [3.63, 3.8) is 0 Å². The third-order valence-electron chi connectivity index (χ3n) is 3.57. The zero-order chi connectivity index (χ0) is 15.3. The van der Waals surface area contributed by atoms with E-state index in [2.05, 4.69) is 4.90 Å². The van der Waals surface area contributed by atoms with Crippen LogP contribution in [0.15, 0.2) is 24.3 Å². The highest BCUT2D eigenvalue weighted by Gasteiger charge is 2.20. The first-order valence-electron chi connectivity index (χ1n) is 6.96. The summed E-state index contributed by atoms with van der Waals surface area (Å²) >= 11 is 0. The molecule has 0 atom stereocenters. The summed E-state index contributed by atoms with van der Waals surface area (Å²) in [6.45, 7) is 4.22. The Morgan fingerprint density at radius 2 is 1.86 bits per heavy atom. The van der Waals surface area contributed by atoms with Crippen LogP contribution in [0.25, 0.3) is 0 Å². The Morgan fingerprint density at radius 3 is 2.48 bits per heavy atom. The Balaban J connectivity index is 1.87. The summed E-state index contributed by atoms with van der Waals surface area (Å²) in [4.78, 5) is 2.19. The van der Waals surface area contributed by atoms with Crippen LogP contribution >= 0.6 is 0 Å². The van der Waals surface area contributed by atoms with Gasteiger partial charge in [0, 0.05) is 33.2 Å². The van der Waals surface area contributed by atoms with Gasteiger partial charge < -0.3 is 4.74 Å². The lowest BCUT2D eigenvalue weighted by Gasteiger charge is -2.28. The molecule has 118 valence electrons. The molecule has 0 N–H and O–H groups in total. The quantitative estimate of drug-likeness (QED) is 0.783. The number of sulfonamides is 1. The minimum atomic E-state index is -3.37. The van der Waals surface area contributed by atoms with Crippen LogP contribution in [0.2, 0.25) is 0 Å². The molecule has 0 spiro atoms. The van der Waals surface area contributed by atoms with Crippen molar-refractivity contribution in [3.05, 3.63) is 35.6 Å². The molecule has 0 aliphatic carbocycles. The van der Waals surface area contributed by atoms with E-state index in [0.717, 1.165) is 13.1 Å². The zero-order valence-electron chi connectivity index (χ0n) is 12.2. The summed E-state index contributed by atoms with van der Waals surface area (Å²) < 4.78 is 43.9. The van der Waals surface area contributed by atoms with Crippen LogP contribution in [0, 0.1) is 5.82 Å². The predicted octanol–water partition coefficient (Wildman–Crippen LogP) is 0.919. The number of halogens is 1. The van der Waals surface area contributed by atoms with Crippen LogP contribution in [-0.4, -0.2) is 64.1 Å². The SMILES string of the molecule is CN(CCN1CCOCC1)S(=O)(=O)Cc1ccc(F)cc1. The van der Waals surface area contributed by atoms with Crippen molar-refractivity contribution in [2.24, 2.45) is 0 Å². The van der Waals surface area contributed by atoms with E-state index in [9.17, 15) is 12.8 Å². The third kappa shape index (κ3) is 5.03. The van der Waals surface area contributed by atoms with Crippen LogP contribution in [0.5, 0.6) is 0 Å². The first-order chi connectivity index (χ1) is 9.97. The molecule has 1 saturated heterocycles.